The van der Waals surface area contributed by atoms with Crippen molar-refractivity contribution in [3.63, 3.8) is 0 Å². The molecule has 0 aliphatic rings. The molecule has 0 bridgehead atoms. The third-order valence-electron chi connectivity index (χ3n) is 3.38. The number of amides is 4. The number of carbonyl (C=O) groups is 5. The van der Waals surface area contributed by atoms with Crippen LogP contribution in [0.5, 0.6) is 0 Å². The average molecular weight is 389 g/mol. The molecule has 0 heterocycles. The summed E-state index contributed by atoms with van der Waals surface area (Å²) in [4.78, 5) is 58.2. The second-order valence-electron chi connectivity index (χ2n) is 6.27. The van der Waals surface area contributed by atoms with Crippen LogP contribution < -0.4 is 27.4 Å². The molecule has 0 aromatic rings. The average Bonchev–Trinajstić information content (AvgIpc) is 2.56. The van der Waals surface area contributed by atoms with Crippen LogP contribution in [0.1, 0.15) is 26.7 Å². The summed E-state index contributed by atoms with van der Waals surface area (Å²) in [7, 11) is 0. The molecule has 0 aromatic carbocycles. The smallest absolute Gasteiger partial charge is 0.328 e. The molecule has 9 N–H and O–H groups in total. The zero-order chi connectivity index (χ0) is 21.1. The highest BCUT2D eigenvalue weighted by Crippen LogP contribution is 2.06. The normalized spacial score (nSPS) is 14.0. The number of rotatable bonds is 12. The quantitative estimate of drug-likeness (QED) is 0.176. The minimum atomic E-state index is -1.54. The Labute approximate surface area is 156 Å². The number of carbonyl (C=O) groups excluding carboxylic acids is 4. The van der Waals surface area contributed by atoms with Gasteiger partial charge in [-0.2, -0.15) is 0 Å². The lowest BCUT2D eigenvalue weighted by Gasteiger charge is -2.24. The number of nitrogens with one attached hydrogen (secondary N) is 3. The number of hydrogen-bond donors (Lipinski definition) is 7. The van der Waals surface area contributed by atoms with Crippen molar-refractivity contribution in [1.82, 2.24) is 16.0 Å². The molecule has 12 heteroatoms. The summed E-state index contributed by atoms with van der Waals surface area (Å²) >= 11 is 0. The van der Waals surface area contributed by atoms with Gasteiger partial charge in [0.2, 0.25) is 23.6 Å². The van der Waals surface area contributed by atoms with Crippen LogP contribution in [-0.2, 0) is 24.0 Å². The maximum absolute atomic E-state index is 12.4. The van der Waals surface area contributed by atoms with Crippen molar-refractivity contribution in [2.45, 2.75) is 44.8 Å². The third kappa shape index (κ3) is 9.51. The number of aliphatic hydroxyl groups is 1. The van der Waals surface area contributed by atoms with E-state index in [1.165, 1.54) is 0 Å². The van der Waals surface area contributed by atoms with Crippen LogP contribution in [0.15, 0.2) is 0 Å². The fourth-order valence-electron chi connectivity index (χ4n) is 2.10. The standard InChI is InChI=1S/C15H27N5O7/c1-7(2)3-8(13(24)20-10(6-21)15(26)27)19-14(25)9(4-11(17)22)18-12(23)5-16/h7-10,21H,3-6,16H2,1-2H3,(H2,17,22)(H,18,23)(H,19,25)(H,20,24)(H,26,27). The molecule has 0 aromatic heterocycles. The van der Waals surface area contributed by atoms with Crippen LogP contribution in [0, 0.1) is 5.92 Å². The molecule has 0 saturated carbocycles. The Morgan fingerprint density at radius 3 is 1.85 bits per heavy atom. The van der Waals surface area contributed by atoms with Crippen molar-refractivity contribution in [2.75, 3.05) is 13.2 Å². The molecule has 0 saturated heterocycles. The SMILES string of the molecule is CC(C)CC(NC(=O)C(CC(N)=O)NC(=O)CN)C(=O)NC(CO)C(=O)O. The molecule has 0 aliphatic heterocycles. The van der Waals surface area contributed by atoms with Crippen LogP contribution >= 0.6 is 0 Å². The first-order valence-electron chi connectivity index (χ1n) is 8.23. The number of aliphatic carboxylic acids is 1. The molecule has 0 spiro atoms. The van der Waals surface area contributed by atoms with Gasteiger partial charge in [0.05, 0.1) is 19.6 Å². The van der Waals surface area contributed by atoms with Gasteiger partial charge in [0.25, 0.3) is 0 Å². The zero-order valence-electron chi connectivity index (χ0n) is 15.2. The van der Waals surface area contributed by atoms with E-state index in [1.54, 1.807) is 13.8 Å². The summed E-state index contributed by atoms with van der Waals surface area (Å²) in [6.07, 6.45) is -0.370. The van der Waals surface area contributed by atoms with E-state index >= 15 is 0 Å². The lowest BCUT2D eigenvalue weighted by Crippen LogP contribution is -2.57. The third-order valence-corrected chi connectivity index (χ3v) is 3.38. The molecule has 0 radical (unpaired) electrons. The second kappa shape index (κ2) is 11.8. The Hall–Kier alpha value is -2.73. The van der Waals surface area contributed by atoms with E-state index in [4.69, 9.17) is 21.7 Å². The van der Waals surface area contributed by atoms with Crippen molar-refractivity contribution in [3.05, 3.63) is 0 Å². The monoisotopic (exact) mass is 389 g/mol. The summed E-state index contributed by atoms with van der Waals surface area (Å²) in [5.74, 6) is -4.75. The highest BCUT2D eigenvalue weighted by atomic mass is 16.4. The predicted molar refractivity (Wildman–Crippen MR) is 92.8 cm³/mol. The fraction of sp³-hybridized carbons (Fsp3) is 0.667. The molecule has 3 atom stereocenters. The van der Waals surface area contributed by atoms with Crippen LogP contribution in [0.4, 0.5) is 0 Å². The minimum Gasteiger partial charge on any atom is -0.480 e. The van der Waals surface area contributed by atoms with Crippen LogP contribution in [0.25, 0.3) is 0 Å². The lowest BCUT2D eigenvalue weighted by molar-refractivity contribution is -0.143. The van der Waals surface area contributed by atoms with Gasteiger partial charge in [-0.15, -0.1) is 0 Å². The van der Waals surface area contributed by atoms with Crippen LogP contribution in [0.2, 0.25) is 0 Å². The van der Waals surface area contributed by atoms with Gasteiger partial charge in [0.15, 0.2) is 0 Å². The van der Waals surface area contributed by atoms with Gasteiger partial charge in [0, 0.05) is 0 Å². The Balaban J connectivity index is 5.29. The minimum absolute atomic E-state index is 0.0633. The van der Waals surface area contributed by atoms with Crippen LogP contribution in [-0.4, -0.2) is 71.1 Å². The molecular weight excluding hydrogens is 362 g/mol. The van der Waals surface area contributed by atoms with Gasteiger partial charge in [-0.05, 0) is 12.3 Å². The number of nitrogens with two attached hydrogens (primary N) is 2. The molecule has 0 fully saturated rings. The number of carboxylic acids is 1. The molecule has 154 valence electrons. The Kier molecular flexibility index (Phi) is 10.6. The number of aliphatic hydroxyl groups excluding tert-OH is 1. The van der Waals surface area contributed by atoms with E-state index < -0.39 is 67.3 Å². The molecular formula is C15H27N5O7. The Bertz CT molecular complexity index is 567. The summed E-state index contributed by atoms with van der Waals surface area (Å²) in [5, 5.41) is 24.6. The van der Waals surface area contributed by atoms with Crippen molar-refractivity contribution < 1.29 is 34.2 Å². The first-order chi connectivity index (χ1) is 12.5. The topological polar surface area (TPSA) is 214 Å². The Morgan fingerprint density at radius 2 is 1.44 bits per heavy atom. The van der Waals surface area contributed by atoms with E-state index in [0.717, 1.165) is 0 Å². The first-order valence-corrected chi connectivity index (χ1v) is 8.23. The van der Waals surface area contributed by atoms with E-state index in [9.17, 15) is 24.0 Å². The van der Waals surface area contributed by atoms with E-state index in [1.807, 2.05) is 0 Å². The molecule has 3 unspecified atom stereocenters. The molecule has 4 amide bonds. The lowest BCUT2D eigenvalue weighted by atomic mass is 10.0. The van der Waals surface area contributed by atoms with Crippen LogP contribution in [0.3, 0.4) is 0 Å². The van der Waals surface area contributed by atoms with Crippen molar-refractivity contribution in [1.29, 1.82) is 0 Å². The number of primary amides is 1. The summed E-state index contributed by atoms with van der Waals surface area (Å²) in [5.41, 5.74) is 10.2. The van der Waals surface area contributed by atoms with E-state index in [-0.39, 0.29) is 12.3 Å². The van der Waals surface area contributed by atoms with Gasteiger partial charge in [-0.25, -0.2) is 4.79 Å². The van der Waals surface area contributed by atoms with Gasteiger partial charge in [-0.1, -0.05) is 13.8 Å². The van der Waals surface area contributed by atoms with Crippen molar-refractivity contribution >= 4 is 29.6 Å². The highest BCUT2D eigenvalue weighted by Gasteiger charge is 2.30. The van der Waals surface area contributed by atoms with Gasteiger partial charge in [0.1, 0.15) is 18.1 Å². The molecule has 12 nitrogen and oxygen atoms in total. The van der Waals surface area contributed by atoms with Crippen molar-refractivity contribution in [3.8, 4) is 0 Å². The van der Waals surface area contributed by atoms with Gasteiger partial charge in [-0.3, -0.25) is 19.2 Å². The van der Waals surface area contributed by atoms with E-state index in [0.29, 0.717) is 0 Å². The van der Waals surface area contributed by atoms with Gasteiger partial charge >= 0.3 is 5.97 Å². The largest absolute Gasteiger partial charge is 0.480 e. The molecule has 0 rings (SSSR count). The number of carboxylic acid groups (broad SMARTS) is 1. The fourth-order valence-corrected chi connectivity index (χ4v) is 2.10. The van der Waals surface area contributed by atoms with Gasteiger partial charge < -0.3 is 37.6 Å². The maximum atomic E-state index is 12.4. The van der Waals surface area contributed by atoms with Crippen molar-refractivity contribution in [2.24, 2.45) is 17.4 Å². The van der Waals surface area contributed by atoms with E-state index in [2.05, 4.69) is 16.0 Å². The predicted octanol–water partition coefficient (Wildman–Crippen LogP) is -3.60. The number of hydrogen-bond acceptors (Lipinski definition) is 7. The summed E-state index contributed by atoms with van der Waals surface area (Å²) in [6.45, 7) is 2.28. The summed E-state index contributed by atoms with van der Waals surface area (Å²) < 4.78 is 0. The highest BCUT2D eigenvalue weighted by molar-refractivity contribution is 5.95. The zero-order valence-corrected chi connectivity index (χ0v) is 15.2. The maximum Gasteiger partial charge on any atom is 0.328 e. The first kappa shape index (κ1) is 24.3. The summed E-state index contributed by atoms with van der Waals surface area (Å²) in [6, 6.07) is -4.03. The molecule has 0 aliphatic carbocycles. The second-order valence-corrected chi connectivity index (χ2v) is 6.27. The molecule has 27 heavy (non-hydrogen) atoms. The Morgan fingerprint density at radius 1 is 0.926 bits per heavy atom.